The van der Waals surface area contributed by atoms with Crippen molar-refractivity contribution in [1.29, 1.82) is 0 Å². The number of nitrogens with zero attached hydrogens (tertiary/aromatic N) is 2. The van der Waals surface area contributed by atoms with Crippen LogP contribution in [0, 0.1) is 0 Å². The van der Waals surface area contributed by atoms with Crippen LogP contribution < -0.4 is 9.62 Å². The van der Waals surface area contributed by atoms with Gasteiger partial charge in [0.2, 0.25) is 15.9 Å². The first-order chi connectivity index (χ1) is 14.7. The number of rotatable bonds is 8. The number of nitrogens with one attached hydrogen (secondary N) is 1. The molecule has 0 unspecified atom stereocenters. The summed E-state index contributed by atoms with van der Waals surface area (Å²) in [5.41, 5.74) is 2.48. The van der Waals surface area contributed by atoms with Crippen molar-refractivity contribution >= 4 is 44.8 Å². The lowest BCUT2D eigenvalue weighted by Crippen LogP contribution is -2.47. The molecule has 0 bridgehead atoms. The van der Waals surface area contributed by atoms with Gasteiger partial charge < -0.3 is 5.32 Å². The third-order valence-electron chi connectivity index (χ3n) is 5.41. The Morgan fingerprint density at radius 2 is 1.74 bits per heavy atom. The lowest BCUT2D eigenvalue weighted by molar-refractivity contribution is -0.122. The van der Waals surface area contributed by atoms with E-state index in [4.69, 9.17) is 23.2 Å². The molecule has 1 amide bonds. The minimum atomic E-state index is -3.73. The van der Waals surface area contributed by atoms with Crippen molar-refractivity contribution in [2.24, 2.45) is 0 Å². The highest BCUT2D eigenvalue weighted by molar-refractivity contribution is 7.92. The van der Waals surface area contributed by atoms with E-state index in [1.54, 1.807) is 6.92 Å². The molecule has 1 aliphatic heterocycles. The summed E-state index contributed by atoms with van der Waals surface area (Å²) in [5, 5.41) is 3.42. The van der Waals surface area contributed by atoms with Gasteiger partial charge in [0, 0.05) is 13.1 Å². The number of carbonyl (C=O) groups is 1. The van der Waals surface area contributed by atoms with Crippen LogP contribution in [0.1, 0.15) is 30.9 Å². The maximum absolute atomic E-state index is 12.9. The molecule has 0 aliphatic carbocycles. The first-order valence-electron chi connectivity index (χ1n) is 10.2. The van der Waals surface area contributed by atoms with E-state index >= 15 is 0 Å². The van der Waals surface area contributed by atoms with Crippen LogP contribution in [0.25, 0.3) is 0 Å². The first kappa shape index (κ1) is 23.9. The van der Waals surface area contributed by atoms with Crippen LogP contribution >= 0.6 is 23.2 Å². The molecule has 1 fully saturated rings. The Bertz CT molecular complexity index is 1040. The van der Waals surface area contributed by atoms with Gasteiger partial charge in [0.15, 0.2) is 0 Å². The lowest BCUT2D eigenvalue weighted by Gasteiger charge is -2.28. The summed E-state index contributed by atoms with van der Waals surface area (Å²) in [7, 11) is -3.73. The molecule has 31 heavy (non-hydrogen) atoms. The van der Waals surface area contributed by atoms with Crippen LogP contribution in [0.15, 0.2) is 42.5 Å². The van der Waals surface area contributed by atoms with Gasteiger partial charge in [-0.2, -0.15) is 0 Å². The molecule has 168 valence electrons. The number of halogens is 2. The zero-order valence-corrected chi connectivity index (χ0v) is 20.0. The molecule has 6 nitrogen and oxygen atoms in total. The normalized spacial score (nSPS) is 15.6. The SMILES string of the molecule is C[C@H](C(=O)NCc1ccccc1CN1CCCC1)N(c1ccc(Cl)c(Cl)c1)S(C)(=O)=O. The van der Waals surface area contributed by atoms with Gasteiger partial charge >= 0.3 is 0 Å². The van der Waals surface area contributed by atoms with Crippen LogP contribution in [-0.2, 0) is 27.9 Å². The van der Waals surface area contributed by atoms with Gasteiger partial charge in [0.25, 0.3) is 0 Å². The molecule has 2 aromatic rings. The van der Waals surface area contributed by atoms with Gasteiger partial charge in [-0.15, -0.1) is 0 Å². The highest BCUT2D eigenvalue weighted by Crippen LogP contribution is 2.29. The van der Waals surface area contributed by atoms with Crippen molar-refractivity contribution in [3.8, 4) is 0 Å². The molecular formula is C22H27Cl2N3O3S. The fourth-order valence-corrected chi connectivity index (χ4v) is 5.29. The number of likely N-dealkylation sites (tertiary alicyclic amines) is 1. The number of amides is 1. The monoisotopic (exact) mass is 483 g/mol. The Morgan fingerprint density at radius 3 is 2.35 bits per heavy atom. The maximum atomic E-state index is 12.9. The van der Waals surface area contributed by atoms with E-state index < -0.39 is 22.0 Å². The van der Waals surface area contributed by atoms with Crippen molar-refractivity contribution < 1.29 is 13.2 Å². The summed E-state index contributed by atoms with van der Waals surface area (Å²) >= 11 is 12.0. The lowest BCUT2D eigenvalue weighted by atomic mass is 10.1. The molecule has 0 saturated carbocycles. The Hall–Kier alpha value is -1.80. The second-order valence-electron chi connectivity index (χ2n) is 7.80. The fourth-order valence-electron chi connectivity index (χ4n) is 3.83. The van der Waals surface area contributed by atoms with Crippen molar-refractivity contribution in [3.63, 3.8) is 0 Å². The average Bonchev–Trinajstić information content (AvgIpc) is 3.22. The molecule has 1 N–H and O–H groups in total. The quantitative estimate of drug-likeness (QED) is 0.614. The van der Waals surface area contributed by atoms with Gasteiger partial charge in [-0.1, -0.05) is 47.5 Å². The molecule has 3 rings (SSSR count). The van der Waals surface area contributed by atoms with Crippen molar-refractivity contribution in [3.05, 3.63) is 63.6 Å². The molecule has 1 heterocycles. The number of anilines is 1. The summed E-state index contributed by atoms with van der Waals surface area (Å²) in [5.74, 6) is -0.396. The van der Waals surface area contributed by atoms with Crippen LogP contribution in [0.3, 0.4) is 0 Å². The van der Waals surface area contributed by atoms with E-state index in [1.165, 1.54) is 36.6 Å². The molecule has 1 aliphatic rings. The molecule has 1 atom stereocenters. The van der Waals surface area contributed by atoms with Crippen LogP contribution in [0.5, 0.6) is 0 Å². The predicted octanol–water partition coefficient (Wildman–Crippen LogP) is 4.06. The van der Waals surface area contributed by atoms with Gasteiger partial charge in [0.1, 0.15) is 6.04 Å². The summed E-state index contributed by atoms with van der Waals surface area (Å²) < 4.78 is 26.0. The molecule has 0 radical (unpaired) electrons. The van der Waals surface area contributed by atoms with Crippen molar-refractivity contribution in [2.45, 2.75) is 38.9 Å². The van der Waals surface area contributed by atoms with Gasteiger partial charge in [-0.25, -0.2) is 8.42 Å². The van der Waals surface area contributed by atoms with E-state index in [0.717, 1.165) is 35.8 Å². The zero-order valence-electron chi connectivity index (χ0n) is 17.6. The highest BCUT2D eigenvalue weighted by atomic mass is 35.5. The molecule has 9 heteroatoms. The number of benzene rings is 2. The Morgan fingerprint density at radius 1 is 1.10 bits per heavy atom. The third-order valence-corrected chi connectivity index (χ3v) is 7.39. The van der Waals surface area contributed by atoms with Crippen molar-refractivity contribution in [1.82, 2.24) is 10.2 Å². The molecule has 0 spiro atoms. The number of hydrogen-bond acceptors (Lipinski definition) is 4. The molecule has 0 aromatic heterocycles. The zero-order chi connectivity index (χ0) is 22.6. The smallest absolute Gasteiger partial charge is 0.243 e. The van der Waals surface area contributed by atoms with Gasteiger partial charge in [-0.05, 0) is 62.2 Å². The Labute approximate surface area is 194 Å². The number of carbonyl (C=O) groups excluding carboxylic acids is 1. The summed E-state index contributed by atoms with van der Waals surface area (Å²) in [6.07, 6.45) is 3.49. The Balaban J connectivity index is 1.73. The van der Waals surface area contributed by atoms with E-state index in [-0.39, 0.29) is 10.7 Å². The van der Waals surface area contributed by atoms with Crippen LogP contribution in [0.2, 0.25) is 10.0 Å². The second kappa shape index (κ2) is 10.2. The fraction of sp³-hybridized carbons (Fsp3) is 0.409. The minimum absolute atomic E-state index is 0.219. The van der Waals surface area contributed by atoms with Crippen LogP contribution in [0.4, 0.5) is 5.69 Å². The van der Waals surface area contributed by atoms with Gasteiger partial charge in [-0.3, -0.25) is 14.0 Å². The third kappa shape index (κ3) is 6.13. The maximum Gasteiger partial charge on any atom is 0.243 e. The predicted molar refractivity (Wildman–Crippen MR) is 126 cm³/mol. The topological polar surface area (TPSA) is 69.7 Å². The van der Waals surface area contributed by atoms with E-state index in [0.29, 0.717) is 11.6 Å². The van der Waals surface area contributed by atoms with E-state index in [2.05, 4.69) is 16.3 Å². The van der Waals surface area contributed by atoms with Crippen molar-refractivity contribution in [2.75, 3.05) is 23.7 Å². The van der Waals surface area contributed by atoms with E-state index in [1.807, 2.05) is 18.2 Å². The summed E-state index contributed by atoms with van der Waals surface area (Å²) in [6, 6.07) is 11.5. The second-order valence-corrected chi connectivity index (χ2v) is 10.5. The average molecular weight is 484 g/mol. The molecule has 2 aromatic carbocycles. The number of sulfonamides is 1. The Kier molecular flexibility index (Phi) is 7.86. The summed E-state index contributed by atoms with van der Waals surface area (Å²) in [4.78, 5) is 15.3. The van der Waals surface area contributed by atoms with E-state index in [9.17, 15) is 13.2 Å². The van der Waals surface area contributed by atoms with Gasteiger partial charge in [0.05, 0.1) is 22.0 Å². The number of hydrogen-bond donors (Lipinski definition) is 1. The minimum Gasteiger partial charge on any atom is -0.350 e. The largest absolute Gasteiger partial charge is 0.350 e. The van der Waals surface area contributed by atoms with Crippen LogP contribution in [-0.4, -0.2) is 44.6 Å². The molecule has 1 saturated heterocycles. The summed E-state index contributed by atoms with van der Waals surface area (Å²) in [6.45, 7) is 4.90. The first-order valence-corrected chi connectivity index (χ1v) is 12.8. The molecular weight excluding hydrogens is 457 g/mol. The standard InChI is InChI=1S/C22H27Cl2N3O3S/c1-16(27(31(2,29)30)19-9-10-20(23)21(24)13-19)22(28)25-14-17-7-3-4-8-18(17)15-26-11-5-6-12-26/h3-4,7-10,13,16H,5-6,11-12,14-15H2,1-2H3,(H,25,28)/t16-/m1/s1. The highest BCUT2D eigenvalue weighted by Gasteiger charge is 2.29.